The first-order valence-corrected chi connectivity index (χ1v) is 19.9. The van der Waals surface area contributed by atoms with Crippen molar-refractivity contribution in [1.82, 2.24) is 20.5 Å². The maximum absolute atomic E-state index is 14.7. The Kier molecular flexibility index (Phi) is 13.8. The van der Waals surface area contributed by atoms with Crippen molar-refractivity contribution in [3.63, 3.8) is 0 Å². The van der Waals surface area contributed by atoms with Gasteiger partial charge in [0.2, 0.25) is 17.6 Å². The minimum Gasteiger partial charge on any atom is -0.445 e. The Morgan fingerprint density at radius 2 is 1.49 bits per heavy atom. The van der Waals surface area contributed by atoms with Crippen LogP contribution < -0.4 is 22.1 Å². The molecular weight excluding hydrogens is 747 g/mol. The van der Waals surface area contributed by atoms with Crippen molar-refractivity contribution in [3.8, 4) is 0 Å². The lowest BCUT2D eigenvalue weighted by molar-refractivity contribution is -0.140. The lowest BCUT2D eigenvalue weighted by atomic mass is 10.0. The van der Waals surface area contributed by atoms with Gasteiger partial charge >= 0.3 is 6.09 Å². The van der Waals surface area contributed by atoms with E-state index in [-0.39, 0.29) is 50.8 Å². The number of hydrogen-bond donors (Lipinski definition) is 4. The van der Waals surface area contributed by atoms with E-state index in [1.165, 1.54) is 4.90 Å². The molecule has 1 aliphatic heterocycles. The average molecular weight is 792 g/mol. The van der Waals surface area contributed by atoms with Gasteiger partial charge in [0.05, 0.1) is 22.1 Å². The van der Waals surface area contributed by atoms with Crippen molar-refractivity contribution in [2.24, 2.45) is 16.5 Å². The summed E-state index contributed by atoms with van der Waals surface area (Å²) in [6, 6.07) is 30.9. The molecule has 5 atom stereocenters. The number of carbonyl (C=O) groups is 4. The number of likely N-dealkylation sites (tertiary alicyclic amines) is 1. The van der Waals surface area contributed by atoms with Crippen LogP contribution in [0.5, 0.6) is 0 Å². The van der Waals surface area contributed by atoms with E-state index < -0.39 is 57.9 Å². The van der Waals surface area contributed by atoms with Crippen LogP contribution in [0.15, 0.2) is 130 Å². The van der Waals surface area contributed by atoms with Crippen molar-refractivity contribution in [2.75, 3.05) is 13.1 Å². The number of oxazole rings is 1. The van der Waals surface area contributed by atoms with E-state index in [2.05, 4.69) is 20.6 Å². The number of benzene rings is 4. The Bertz CT molecular complexity index is 2160. The molecule has 57 heavy (non-hydrogen) atoms. The summed E-state index contributed by atoms with van der Waals surface area (Å²) in [7, 11) is -1.60. The van der Waals surface area contributed by atoms with Gasteiger partial charge in [-0.2, -0.15) is 0 Å². The number of nitrogens with two attached hydrogens (primary N) is 2. The van der Waals surface area contributed by atoms with Crippen LogP contribution in [0.1, 0.15) is 47.5 Å². The number of Topliss-reactive ketones (excluding diaryl/α,β-unsaturated/α-hetero) is 1. The summed E-state index contributed by atoms with van der Waals surface area (Å²) in [5.74, 6) is -2.07. The van der Waals surface area contributed by atoms with Gasteiger partial charge in [-0.15, -0.1) is 0 Å². The molecule has 0 spiro atoms. The molecule has 6 rings (SSSR count). The van der Waals surface area contributed by atoms with Crippen molar-refractivity contribution in [1.29, 1.82) is 0 Å². The number of alkyl carbamates (subject to hydrolysis) is 1. The van der Waals surface area contributed by atoms with Gasteiger partial charge in [-0.25, -0.2) is 9.78 Å². The highest BCUT2D eigenvalue weighted by molar-refractivity contribution is 7.85. The van der Waals surface area contributed by atoms with Crippen molar-refractivity contribution in [2.45, 2.75) is 67.0 Å². The van der Waals surface area contributed by atoms with Gasteiger partial charge in [-0.3, -0.25) is 23.6 Å². The highest BCUT2D eigenvalue weighted by Gasteiger charge is 2.45. The van der Waals surface area contributed by atoms with Crippen LogP contribution in [0.25, 0.3) is 11.1 Å². The fourth-order valence-electron chi connectivity index (χ4n) is 6.68. The molecule has 0 saturated carbocycles. The maximum Gasteiger partial charge on any atom is 0.408 e. The van der Waals surface area contributed by atoms with E-state index in [0.717, 1.165) is 11.1 Å². The van der Waals surface area contributed by atoms with Crippen molar-refractivity contribution >= 4 is 51.5 Å². The summed E-state index contributed by atoms with van der Waals surface area (Å²) in [6.45, 7) is 0.129. The third-order valence-electron chi connectivity index (χ3n) is 9.58. The third kappa shape index (κ3) is 10.9. The molecule has 2 unspecified atom stereocenters. The zero-order valence-corrected chi connectivity index (χ0v) is 32.0. The molecule has 0 bridgehead atoms. The molecule has 0 radical (unpaired) electrons. The van der Waals surface area contributed by atoms with Crippen LogP contribution >= 0.6 is 0 Å². The molecule has 1 saturated heterocycles. The topological polar surface area (TPSA) is 212 Å². The number of aliphatic imine (C=N–C) groups is 1. The van der Waals surface area contributed by atoms with Crippen LogP contribution in [-0.2, 0) is 38.2 Å². The predicted molar refractivity (Wildman–Crippen MR) is 215 cm³/mol. The first-order chi connectivity index (χ1) is 27.7. The molecule has 1 fully saturated rings. The molecule has 15 heteroatoms. The van der Waals surface area contributed by atoms with Gasteiger partial charge in [0.15, 0.2) is 11.5 Å². The van der Waals surface area contributed by atoms with Gasteiger partial charge < -0.3 is 36.2 Å². The van der Waals surface area contributed by atoms with Gasteiger partial charge in [0.25, 0.3) is 5.89 Å². The van der Waals surface area contributed by atoms with Gasteiger partial charge in [-0.1, -0.05) is 91.0 Å². The number of nitrogens with zero attached hydrogens (tertiary/aromatic N) is 3. The number of guanidine groups is 1. The van der Waals surface area contributed by atoms with E-state index in [1.54, 1.807) is 48.5 Å². The second-order valence-electron chi connectivity index (χ2n) is 13.6. The van der Waals surface area contributed by atoms with Crippen LogP contribution in [0, 0.1) is 0 Å². The summed E-state index contributed by atoms with van der Waals surface area (Å²) in [5.41, 5.74) is 13.6. The van der Waals surface area contributed by atoms with Crippen LogP contribution in [0.4, 0.5) is 4.79 Å². The van der Waals surface area contributed by atoms with E-state index in [9.17, 15) is 23.4 Å². The Morgan fingerprint density at radius 1 is 0.842 bits per heavy atom. The molecular formula is C42H45N7O7S. The lowest BCUT2D eigenvalue weighted by Gasteiger charge is -2.29. The third-order valence-corrected chi connectivity index (χ3v) is 11.3. The van der Waals surface area contributed by atoms with Crippen LogP contribution in [-0.4, -0.2) is 80.2 Å². The molecule has 1 aliphatic rings. The number of ether oxygens (including phenoxy) is 1. The number of ketones is 1. The second kappa shape index (κ2) is 19.5. The van der Waals surface area contributed by atoms with Crippen LogP contribution in [0.3, 0.4) is 0 Å². The molecule has 14 nitrogen and oxygen atoms in total. The Morgan fingerprint density at radius 3 is 2.18 bits per heavy atom. The highest BCUT2D eigenvalue weighted by atomic mass is 32.2. The molecule has 5 aromatic rings. The zero-order valence-electron chi connectivity index (χ0n) is 31.2. The zero-order chi connectivity index (χ0) is 40.1. The lowest BCUT2D eigenvalue weighted by Crippen LogP contribution is -2.55. The monoisotopic (exact) mass is 791 g/mol. The maximum atomic E-state index is 14.7. The summed E-state index contributed by atoms with van der Waals surface area (Å²) >= 11 is 0. The summed E-state index contributed by atoms with van der Waals surface area (Å²) in [5, 5.41) is 4.95. The normalized spacial score (nSPS) is 16.6. The van der Waals surface area contributed by atoms with Gasteiger partial charge in [0, 0.05) is 18.0 Å². The van der Waals surface area contributed by atoms with Gasteiger partial charge in [-0.05, 0) is 67.5 Å². The first kappa shape index (κ1) is 40.3. The number of aryl methyl sites for hydroxylation is 1. The van der Waals surface area contributed by atoms with E-state index in [1.807, 2.05) is 66.7 Å². The van der Waals surface area contributed by atoms with Crippen LogP contribution in [0.2, 0.25) is 0 Å². The number of amides is 3. The largest absolute Gasteiger partial charge is 0.445 e. The first-order valence-electron chi connectivity index (χ1n) is 18.7. The number of nitrogens with one attached hydrogen (secondary N) is 2. The van der Waals surface area contributed by atoms with Gasteiger partial charge in [0.1, 0.15) is 24.2 Å². The fourth-order valence-corrected chi connectivity index (χ4v) is 8.14. The molecule has 2 heterocycles. The summed E-state index contributed by atoms with van der Waals surface area (Å²) < 4.78 is 25.2. The smallest absolute Gasteiger partial charge is 0.408 e. The highest BCUT2D eigenvalue weighted by Crippen LogP contribution is 2.28. The molecule has 1 aromatic heterocycles. The molecule has 3 amide bonds. The standard InChI is InChI=1S/C42H45N7O7S/c43-41(44)45-24-12-20-33(37(50)39-47-32-19-10-11-21-36(32)56-39)46-38(51)35-25-31(57(54)30-17-8-3-9-18-30)26-49(35)40(52)34(23-22-28-13-4-1-5-14-28)48-42(53)55-27-29-15-6-2-7-16-29/h1-11,13-19,21,31,33-35H,12,20,22-27H2,(H,46,51)(H,48,53)(H4,43,44,45)/t31?,33-,34+,35-,57?/m0/s1. The number of para-hydroxylation sites is 2. The minimum absolute atomic E-state index is 0.0160. The average Bonchev–Trinajstić information content (AvgIpc) is 3.89. The van der Waals surface area contributed by atoms with Crippen molar-refractivity contribution < 1.29 is 32.5 Å². The van der Waals surface area contributed by atoms with E-state index in [0.29, 0.717) is 28.8 Å². The number of rotatable bonds is 17. The minimum atomic E-state index is -1.60. The Labute approximate surface area is 332 Å². The van der Waals surface area contributed by atoms with E-state index >= 15 is 0 Å². The molecule has 6 N–H and O–H groups in total. The second-order valence-corrected chi connectivity index (χ2v) is 15.4. The number of fused-ring (bicyclic) bond motifs is 1. The molecule has 4 aromatic carbocycles. The van der Waals surface area contributed by atoms with Crippen molar-refractivity contribution in [3.05, 3.63) is 132 Å². The van der Waals surface area contributed by atoms with E-state index in [4.69, 9.17) is 20.6 Å². The summed E-state index contributed by atoms with van der Waals surface area (Å²) in [6.07, 6.45) is 0.274. The fraction of sp³-hybridized carbons (Fsp3) is 0.286. The predicted octanol–water partition coefficient (Wildman–Crippen LogP) is 4.25. The number of carbonyl (C=O) groups excluding carboxylic acids is 4. The number of hydrogen-bond acceptors (Lipinski definition) is 9. The SMILES string of the molecule is NC(N)=NCCC[C@H](NC(=O)[C@@H]1CC(S(=O)c2ccccc2)CN1C(=O)[C@@H](CCc1ccccc1)NC(=O)OCc1ccccc1)C(=O)c1nc2ccccc2o1. The Balaban J connectivity index is 1.27. The summed E-state index contributed by atoms with van der Waals surface area (Å²) in [4.78, 5) is 66.5. The molecule has 296 valence electrons. The quantitative estimate of drug-likeness (QED) is 0.0455. The number of aromatic nitrogens is 1. The molecule has 0 aliphatic carbocycles. The Hall–Kier alpha value is -6.35.